The van der Waals surface area contributed by atoms with Crippen molar-refractivity contribution in [2.45, 2.75) is 60.3 Å². The van der Waals surface area contributed by atoms with E-state index in [4.69, 9.17) is 4.74 Å². The molecule has 0 unspecified atom stereocenters. The van der Waals surface area contributed by atoms with Crippen molar-refractivity contribution in [3.8, 4) is 0 Å². The highest BCUT2D eigenvalue weighted by atomic mass is 16.5. The molecule has 16 heavy (non-hydrogen) atoms. The van der Waals surface area contributed by atoms with Crippen LogP contribution in [0.1, 0.15) is 60.3 Å². The quantitative estimate of drug-likeness (QED) is 0.682. The summed E-state index contributed by atoms with van der Waals surface area (Å²) in [7, 11) is 0. The average molecular weight is 226 g/mol. The second kappa shape index (κ2) is 4.77. The predicted octanol–water partition coefficient (Wildman–Crippen LogP) is 3.79. The minimum atomic E-state index is -0.0425. The van der Waals surface area contributed by atoms with E-state index in [1.807, 2.05) is 6.92 Å². The van der Waals surface area contributed by atoms with Crippen LogP contribution in [0.5, 0.6) is 0 Å². The average Bonchev–Trinajstić information content (AvgIpc) is 2.41. The van der Waals surface area contributed by atoms with E-state index >= 15 is 0 Å². The van der Waals surface area contributed by atoms with Gasteiger partial charge in [-0.25, -0.2) is 0 Å². The third-order valence-electron chi connectivity index (χ3n) is 4.92. The van der Waals surface area contributed by atoms with Crippen LogP contribution in [0.3, 0.4) is 0 Å². The molecular formula is C14H26O2. The van der Waals surface area contributed by atoms with Gasteiger partial charge < -0.3 is 4.74 Å². The maximum atomic E-state index is 11.4. The molecule has 0 aliphatic heterocycles. The Balaban J connectivity index is 2.56. The first kappa shape index (κ1) is 13.5. The first-order chi connectivity index (χ1) is 7.33. The molecule has 0 saturated heterocycles. The topological polar surface area (TPSA) is 26.3 Å². The summed E-state index contributed by atoms with van der Waals surface area (Å²) in [5.74, 6) is 0.668. The number of rotatable bonds is 4. The Bertz CT molecular complexity index is 257. The maximum Gasteiger partial charge on any atom is 0.305 e. The van der Waals surface area contributed by atoms with Crippen LogP contribution < -0.4 is 0 Å². The van der Waals surface area contributed by atoms with Crippen LogP contribution in [0.4, 0.5) is 0 Å². The van der Waals surface area contributed by atoms with E-state index in [9.17, 15) is 4.79 Å². The lowest BCUT2D eigenvalue weighted by Crippen LogP contribution is -2.37. The molecule has 0 spiro atoms. The van der Waals surface area contributed by atoms with E-state index in [-0.39, 0.29) is 16.8 Å². The Kier molecular flexibility index (Phi) is 4.03. The van der Waals surface area contributed by atoms with Crippen molar-refractivity contribution in [1.29, 1.82) is 0 Å². The summed E-state index contributed by atoms with van der Waals surface area (Å²) in [6.45, 7) is 11.8. The van der Waals surface area contributed by atoms with Gasteiger partial charge in [0.1, 0.15) is 0 Å². The van der Waals surface area contributed by atoms with Crippen molar-refractivity contribution in [2.24, 2.45) is 16.7 Å². The van der Waals surface area contributed by atoms with E-state index in [2.05, 4.69) is 27.7 Å². The normalized spacial score (nSPS) is 32.7. The summed E-state index contributed by atoms with van der Waals surface area (Å²) >= 11 is 0. The molecule has 0 aromatic heterocycles. The van der Waals surface area contributed by atoms with Gasteiger partial charge in [0.05, 0.1) is 6.61 Å². The molecular weight excluding hydrogens is 200 g/mol. The van der Waals surface area contributed by atoms with Gasteiger partial charge in [-0.1, -0.05) is 34.6 Å². The van der Waals surface area contributed by atoms with Crippen molar-refractivity contribution in [3.05, 3.63) is 0 Å². The van der Waals surface area contributed by atoms with Crippen LogP contribution >= 0.6 is 0 Å². The fourth-order valence-electron chi connectivity index (χ4n) is 2.59. The zero-order valence-corrected chi connectivity index (χ0v) is 11.4. The summed E-state index contributed by atoms with van der Waals surface area (Å²) in [5.41, 5.74) is 0.412. The van der Waals surface area contributed by atoms with Crippen molar-refractivity contribution >= 4 is 5.97 Å². The number of carbonyl (C=O) groups is 1. The van der Waals surface area contributed by atoms with E-state index < -0.39 is 0 Å². The minimum absolute atomic E-state index is 0.0425. The van der Waals surface area contributed by atoms with E-state index in [1.165, 1.54) is 12.8 Å². The van der Waals surface area contributed by atoms with Crippen LogP contribution in [0.25, 0.3) is 0 Å². The SMILES string of the molecule is CCCC(=O)OC[C@@]1(C)CC[C@H](C)C1(C)C. The lowest BCUT2D eigenvalue weighted by Gasteiger charge is -2.40. The fourth-order valence-corrected chi connectivity index (χ4v) is 2.59. The Morgan fingerprint density at radius 1 is 1.38 bits per heavy atom. The van der Waals surface area contributed by atoms with Crippen molar-refractivity contribution in [2.75, 3.05) is 6.61 Å². The third-order valence-corrected chi connectivity index (χ3v) is 4.92. The third kappa shape index (κ3) is 2.41. The fraction of sp³-hybridized carbons (Fsp3) is 0.929. The van der Waals surface area contributed by atoms with Crippen LogP contribution in [0.15, 0.2) is 0 Å². The van der Waals surface area contributed by atoms with Gasteiger partial charge >= 0.3 is 5.97 Å². The monoisotopic (exact) mass is 226 g/mol. The van der Waals surface area contributed by atoms with Gasteiger partial charge in [0.15, 0.2) is 0 Å². The molecule has 1 fully saturated rings. The smallest absolute Gasteiger partial charge is 0.305 e. The summed E-state index contributed by atoms with van der Waals surface area (Å²) in [4.78, 5) is 11.4. The molecule has 2 nitrogen and oxygen atoms in total. The Labute approximate surface area is 99.8 Å². The van der Waals surface area contributed by atoms with Crippen LogP contribution in [-0.4, -0.2) is 12.6 Å². The van der Waals surface area contributed by atoms with Gasteiger partial charge in [-0.15, -0.1) is 0 Å². The Morgan fingerprint density at radius 3 is 2.44 bits per heavy atom. The lowest BCUT2D eigenvalue weighted by atomic mass is 9.66. The highest BCUT2D eigenvalue weighted by Crippen LogP contribution is 2.55. The molecule has 1 saturated carbocycles. The summed E-state index contributed by atoms with van der Waals surface area (Å²) < 4.78 is 5.41. The number of carbonyl (C=O) groups excluding carboxylic acids is 1. The number of ether oxygens (including phenoxy) is 1. The standard InChI is InChI=1S/C14H26O2/c1-6-7-12(15)16-10-14(5)9-8-11(2)13(14,3)4/h11H,6-10H2,1-5H3/t11-,14+/m0/s1. The first-order valence-corrected chi connectivity index (χ1v) is 6.49. The Hall–Kier alpha value is -0.530. The molecule has 1 rings (SSSR count). The molecule has 0 heterocycles. The van der Waals surface area contributed by atoms with Crippen molar-refractivity contribution in [1.82, 2.24) is 0 Å². The molecule has 94 valence electrons. The van der Waals surface area contributed by atoms with E-state index in [0.717, 1.165) is 6.42 Å². The molecule has 0 aromatic rings. The first-order valence-electron chi connectivity index (χ1n) is 6.49. The summed E-state index contributed by atoms with van der Waals surface area (Å²) in [6.07, 6.45) is 3.83. The van der Waals surface area contributed by atoms with Crippen LogP contribution in [0, 0.1) is 16.7 Å². The van der Waals surface area contributed by atoms with Gasteiger partial charge in [0.2, 0.25) is 0 Å². The van der Waals surface area contributed by atoms with E-state index in [1.54, 1.807) is 0 Å². The molecule has 1 aliphatic carbocycles. The molecule has 0 radical (unpaired) electrons. The van der Waals surface area contributed by atoms with Crippen LogP contribution in [-0.2, 0) is 9.53 Å². The molecule has 0 bridgehead atoms. The molecule has 2 heteroatoms. The van der Waals surface area contributed by atoms with Gasteiger partial charge in [-0.05, 0) is 30.6 Å². The van der Waals surface area contributed by atoms with Crippen LogP contribution in [0.2, 0.25) is 0 Å². The van der Waals surface area contributed by atoms with Gasteiger partial charge in [0.25, 0.3) is 0 Å². The zero-order chi connectivity index (χ0) is 12.4. The van der Waals surface area contributed by atoms with Gasteiger partial charge in [-0.3, -0.25) is 4.79 Å². The Morgan fingerprint density at radius 2 is 2.00 bits per heavy atom. The lowest BCUT2D eigenvalue weighted by molar-refractivity contribution is -0.149. The highest BCUT2D eigenvalue weighted by molar-refractivity contribution is 5.69. The molecule has 0 aromatic carbocycles. The maximum absolute atomic E-state index is 11.4. The minimum Gasteiger partial charge on any atom is -0.465 e. The number of hydrogen-bond donors (Lipinski definition) is 0. The predicted molar refractivity (Wildman–Crippen MR) is 66.2 cm³/mol. The summed E-state index contributed by atoms with van der Waals surface area (Å²) in [5, 5.41) is 0. The zero-order valence-electron chi connectivity index (χ0n) is 11.4. The van der Waals surface area contributed by atoms with Gasteiger partial charge in [-0.2, -0.15) is 0 Å². The number of esters is 1. The van der Waals surface area contributed by atoms with E-state index in [0.29, 0.717) is 18.9 Å². The second-order valence-corrected chi connectivity index (χ2v) is 6.13. The van der Waals surface area contributed by atoms with Crippen molar-refractivity contribution in [3.63, 3.8) is 0 Å². The number of hydrogen-bond acceptors (Lipinski definition) is 2. The second-order valence-electron chi connectivity index (χ2n) is 6.13. The molecule has 0 N–H and O–H groups in total. The summed E-state index contributed by atoms with van der Waals surface area (Å²) in [6, 6.07) is 0. The molecule has 1 aliphatic rings. The highest BCUT2D eigenvalue weighted by Gasteiger charge is 2.50. The molecule has 0 amide bonds. The van der Waals surface area contributed by atoms with Gasteiger partial charge in [0, 0.05) is 11.8 Å². The largest absolute Gasteiger partial charge is 0.465 e. The molecule has 2 atom stereocenters. The van der Waals surface area contributed by atoms with Crippen molar-refractivity contribution < 1.29 is 9.53 Å².